The standard InChI is InChI=1S/C27H34FN3O4/c28-22-13-7-6-12-21(22)27(17-24(33)31(26(27)35)20-10-2-1-3-11-20)16-23(32)29-14-15-30(25(34)18-29)19-8-4-5-9-19/h6-7,12-13,19-20H,1-5,8-11,14-18H2. The van der Waals surface area contributed by atoms with E-state index in [2.05, 4.69) is 0 Å². The van der Waals surface area contributed by atoms with Gasteiger partial charge in [0, 0.05) is 43.6 Å². The highest BCUT2D eigenvalue weighted by Crippen LogP contribution is 2.43. The van der Waals surface area contributed by atoms with Crippen LogP contribution in [-0.2, 0) is 24.6 Å². The number of hydrogen-bond donors (Lipinski definition) is 0. The molecule has 0 spiro atoms. The van der Waals surface area contributed by atoms with Crippen LogP contribution in [-0.4, -0.2) is 70.0 Å². The van der Waals surface area contributed by atoms with Crippen LogP contribution < -0.4 is 0 Å². The zero-order valence-electron chi connectivity index (χ0n) is 20.2. The van der Waals surface area contributed by atoms with Gasteiger partial charge in [0.25, 0.3) is 0 Å². The van der Waals surface area contributed by atoms with Crippen LogP contribution in [0.25, 0.3) is 0 Å². The molecule has 1 unspecified atom stereocenters. The molecule has 35 heavy (non-hydrogen) atoms. The van der Waals surface area contributed by atoms with Gasteiger partial charge in [-0.2, -0.15) is 0 Å². The van der Waals surface area contributed by atoms with Crippen LogP contribution >= 0.6 is 0 Å². The van der Waals surface area contributed by atoms with Crippen LogP contribution in [0.3, 0.4) is 0 Å². The van der Waals surface area contributed by atoms with Gasteiger partial charge in [0.15, 0.2) is 0 Å². The van der Waals surface area contributed by atoms with Crippen molar-refractivity contribution in [1.29, 1.82) is 0 Å². The van der Waals surface area contributed by atoms with Crippen molar-refractivity contribution in [1.82, 2.24) is 14.7 Å². The third-order valence-electron chi connectivity index (χ3n) is 8.51. The average Bonchev–Trinajstić information content (AvgIpc) is 3.47. The number of carbonyl (C=O) groups excluding carboxylic acids is 4. The number of hydrogen-bond acceptors (Lipinski definition) is 4. The second-order valence-corrected chi connectivity index (χ2v) is 10.6. The van der Waals surface area contributed by atoms with Gasteiger partial charge in [0.2, 0.25) is 23.6 Å². The van der Waals surface area contributed by atoms with E-state index in [0.717, 1.165) is 57.8 Å². The highest BCUT2D eigenvalue weighted by molar-refractivity contribution is 6.11. The summed E-state index contributed by atoms with van der Waals surface area (Å²) in [5.41, 5.74) is -1.47. The Bertz CT molecular complexity index is 1020. The maximum Gasteiger partial charge on any atom is 0.242 e. The number of carbonyl (C=O) groups is 4. The van der Waals surface area contributed by atoms with E-state index in [1.807, 2.05) is 4.90 Å². The van der Waals surface area contributed by atoms with E-state index < -0.39 is 17.1 Å². The summed E-state index contributed by atoms with van der Waals surface area (Å²) < 4.78 is 15.1. The van der Waals surface area contributed by atoms with Crippen molar-refractivity contribution >= 4 is 23.6 Å². The number of rotatable bonds is 5. The Morgan fingerprint density at radius 3 is 2.23 bits per heavy atom. The molecule has 0 N–H and O–H groups in total. The van der Waals surface area contributed by atoms with Crippen LogP contribution in [0.2, 0.25) is 0 Å². The number of piperazine rings is 1. The van der Waals surface area contributed by atoms with Gasteiger partial charge in [-0.25, -0.2) is 4.39 Å². The summed E-state index contributed by atoms with van der Waals surface area (Å²) in [5, 5.41) is 0. The van der Waals surface area contributed by atoms with Crippen molar-refractivity contribution in [3.8, 4) is 0 Å². The number of nitrogens with zero attached hydrogens (tertiary/aromatic N) is 3. The molecule has 1 atom stereocenters. The summed E-state index contributed by atoms with van der Waals surface area (Å²) in [5.74, 6) is -1.84. The van der Waals surface area contributed by atoms with E-state index in [1.54, 1.807) is 6.07 Å². The van der Waals surface area contributed by atoms with Gasteiger partial charge in [0.1, 0.15) is 5.82 Å². The Morgan fingerprint density at radius 2 is 1.54 bits per heavy atom. The molecule has 2 heterocycles. The minimum Gasteiger partial charge on any atom is -0.336 e. The summed E-state index contributed by atoms with van der Waals surface area (Å²) in [7, 11) is 0. The molecule has 4 amide bonds. The molecule has 1 aromatic rings. The summed E-state index contributed by atoms with van der Waals surface area (Å²) in [6.07, 6.45) is 8.18. The highest BCUT2D eigenvalue weighted by Gasteiger charge is 2.56. The second kappa shape index (κ2) is 9.70. The van der Waals surface area contributed by atoms with Crippen molar-refractivity contribution in [2.75, 3.05) is 19.6 Å². The predicted octanol–water partition coefficient (Wildman–Crippen LogP) is 3.16. The summed E-state index contributed by atoms with van der Waals surface area (Å²) in [4.78, 5) is 58.1. The lowest BCUT2D eigenvalue weighted by atomic mass is 9.75. The van der Waals surface area contributed by atoms with Crippen LogP contribution in [0.1, 0.15) is 76.2 Å². The first-order valence-electron chi connectivity index (χ1n) is 13.1. The highest BCUT2D eigenvalue weighted by atomic mass is 19.1. The zero-order valence-corrected chi connectivity index (χ0v) is 20.2. The van der Waals surface area contributed by atoms with Gasteiger partial charge < -0.3 is 9.80 Å². The first-order valence-corrected chi connectivity index (χ1v) is 13.1. The minimum atomic E-state index is -1.57. The molecule has 0 radical (unpaired) electrons. The minimum absolute atomic E-state index is 0.0306. The molecule has 8 heteroatoms. The fourth-order valence-corrected chi connectivity index (χ4v) is 6.64. The second-order valence-electron chi connectivity index (χ2n) is 10.6. The van der Waals surface area contributed by atoms with Crippen LogP contribution in [0.15, 0.2) is 24.3 Å². The maximum atomic E-state index is 15.1. The zero-order chi connectivity index (χ0) is 24.6. The van der Waals surface area contributed by atoms with Gasteiger partial charge in [-0.15, -0.1) is 0 Å². The van der Waals surface area contributed by atoms with Crippen molar-refractivity contribution in [3.05, 3.63) is 35.6 Å². The molecule has 2 saturated heterocycles. The largest absolute Gasteiger partial charge is 0.336 e. The van der Waals surface area contributed by atoms with Gasteiger partial charge in [-0.05, 0) is 31.7 Å². The van der Waals surface area contributed by atoms with E-state index in [4.69, 9.17) is 0 Å². The van der Waals surface area contributed by atoms with Crippen LogP contribution in [0, 0.1) is 5.82 Å². The van der Waals surface area contributed by atoms with E-state index >= 15 is 4.39 Å². The number of imide groups is 1. The summed E-state index contributed by atoms with van der Waals surface area (Å²) in [6.45, 7) is 0.836. The van der Waals surface area contributed by atoms with Crippen molar-refractivity contribution in [3.63, 3.8) is 0 Å². The molecule has 4 fully saturated rings. The molecular formula is C27H34FN3O4. The third-order valence-corrected chi connectivity index (χ3v) is 8.51. The van der Waals surface area contributed by atoms with Gasteiger partial charge in [-0.3, -0.25) is 24.1 Å². The SMILES string of the molecule is O=C(CC1(c2ccccc2F)CC(=O)N(C2CCCCC2)C1=O)N1CCN(C2CCCC2)C(=O)C1. The van der Waals surface area contributed by atoms with Crippen molar-refractivity contribution in [2.45, 2.75) is 88.1 Å². The quantitative estimate of drug-likeness (QED) is 0.603. The van der Waals surface area contributed by atoms with Gasteiger partial charge in [-0.1, -0.05) is 50.3 Å². The van der Waals surface area contributed by atoms with Gasteiger partial charge >= 0.3 is 0 Å². The van der Waals surface area contributed by atoms with E-state index in [0.29, 0.717) is 13.1 Å². The van der Waals surface area contributed by atoms with Crippen molar-refractivity contribution in [2.24, 2.45) is 0 Å². The lowest BCUT2D eigenvalue weighted by molar-refractivity contribution is -0.149. The Labute approximate surface area is 205 Å². The molecule has 0 bridgehead atoms. The molecule has 1 aromatic carbocycles. The molecule has 2 saturated carbocycles. The molecule has 2 aliphatic heterocycles. The lowest BCUT2D eigenvalue weighted by Gasteiger charge is -2.39. The Morgan fingerprint density at radius 1 is 0.886 bits per heavy atom. The first kappa shape index (κ1) is 23.9. The van der Waals surface area contributed by atoms with Crippen molar-refractivity contribution < 1.29 is 23.6 Å². The molecule has 5 rings (SSSR count). The molecule has 188 valence electrons. The predicted molar refractivity (Wildman–Crippen MR) is 127 cm³/mol. The van der Waals surface area contributed by atoms with E-state index in [9.17, 15) is 19.2 Å². The number of likely N-dealkylation sites (tertiary alicyclic amines) is 1. The Kier molecular flexibility index (Phi) is 6.64. The molecule has 0 aromatic heterocycles. The van der Waals surface area contributed by atoms with E-state index in [-0.39, 0.29) is 54.8 Å². The van der Waals surface area contributed by atoms with Gasteiger partial charge in [0.05, 0.1) is 12.0 Å². The first-order chi connectivity index (χ1) is 16.9. The topological polar surface area (TPSA) is 78.0 Å². The Hall–Kier alpha value is -2.77. The number of benzene rings is 1. The average molecular weight is 484 g/mol. The van der Waals surface area contributed by atoms with Crippen LogP contribution in [0.4, 0.5) is 4.39 Å². The van der Waals surface area contributed by atoms with E-state index in [1.165, 1.54) is 28.0 Å². The smallest absolute Gasteiger partial charge is 0.242 e. The maximum absolute atomic E-state index is 15.1. The molecule has 4 aliphatic rings. The third kappa shape index (κ3) is 4.36. The fourth-order valence-electron chi connectivity index (χ4n) is 6.64. The molecular weight excluding hydrogens is 449 g/mol. The number of halogens is 1. The molecule has 2 aliphatic carbocycles. The normalized spacial score (nSPS) is 26.8. The summed E-state index contributed by atoms with van der Waals surface area (Å²) in [6, 6.07) is 6.02. The molecule has 7 nitrogen and oxygen atoms in total. The van der Waals surface area contributed by atoms with Crippen LogP contribution in [0.5, 0.6) is 0 Å². The fraction of sp³-hybridized carbons (Fsp3) is 0.630. The number of amides is 4. The lowest BCUT2D eigenvalue weighted by Crippen LogP contribution is -2.56. The Balaban J connectivity index is 1.39. The summed E-state index contributed by atoms with van der Waals surface area (Å²) >= 11 is 0. The monoisotopic (exact) mass is 483 g/mol.